The topological polar surface area (TPSA) is 86.1 Å². The lowest BCUT2D eigenvalue weighted by Crippen LogP contribution is -2.19. The Labute approximate surface area is 80.6 Å². The molecule has 14 heavy (non-hydrogen) atoms. The Kier molecular flexibility index (Phi) is 3.52. The highest BCUT2D eigenvalue weighted by Crippen LogP contribution is 2.06. The maximum atomic E-state index is 10.6. The molecule has 5 nitrogen and oxygen atoms in total. The molecular weight excluding hydrogens is 182 g/mol. The van der Waals surface area contributed by atoms with E-state index in [4.69, 9.17) is 10.6 Å². The van der Waals surface area contributed by atoms with Crippen molar-refractivity contribution in [2.75, 3.05) is 0 Å². The lowest BCUT2D eigenvalue weighted by Gasteiger charge is -2.04. The number of nitrogens with zero attached hydrogens (tertiary/aromatic N) is 3. The predicted octanol–water partition coefficient (Wildman–Crippen LogP) is 1.99. The van der Waals surface area contributed by atoms with Gasteiger partial charge in [0.05, 0.1) is 0 Å². The van der Waals surface area contributed by atoms with Crippen molar-refractivity contribution in [1.29, 1.82) is 0 Å². The molecule has 0 aliphatic carbocycles. The summed E-state index contributed by atoms with van der Waals surface area (Å²) >= 11 is 0. The molecule has 0 amide bonds. The number of carbonyl (C=O) groups is 1. The van der Waals surface area contributed by atoms with E-state index in [2.05, 4.69) is 10.0 Å². The van der Waals surface area contributed by atoms with Gasteiger partial charge in [-0.15, -0.1) is 0 Å². The first kappa shape index (κ1) is 10.1. The molecule has 1 aromatic carbocycles. The largest absolute Gasteiger partial charge is 0.481 e. The normalized spacial score (nSPS) is 11.4. The van der Waals surface area contributed by atoms with Crippen LogP contribution in [0.25, 0.3) is 10.4 Å². The van der Waals surface area contributed by atoms with Crippen LogP contribution in [0.2, 0.25) is 0 Å². The van der Waals surface area contributed by atoms with Crippen LogP contribution in [0.4, 0.5) is 0 Å². The van der Waals surface area contributed by atoms with Gasteiger partial charge in [0.2, 0.25) is 0 Å². The van der Waals surface area contributed by atoms with Crippen molar-refractivity contribution in [2.45, 2.75) is 12.5 Å². The number of benzene rings is 1. The minimum Gasteiger partial charge on any atom is -0.481 e. The SMILES string of the molecule is [N-]=[N+]=N[C@@H](Cc1ccccc1)C(=O)O. The van der Waals surface area contributed by atoms with E-state index in [0.29, 0.717) is 0 Å². The van der Waals surface area contributed by atoms with Crippen LogP contribution in [-0.4, -0.2) is 17.1 Å². The van der Waals surface area contributed by atoms with Crippen molar-refractivity contribution in [2.24, 2.45) is 5.11 Å². The van der Waals surface area contributed by atoms with Crippen molar-refractivity contribution >= 4 is 5.97 Å². The second-order valence-corrected chi connectivity index (χ2v) is 2.75. The van der Waals surface area contributed by atoms with Gasteiger partial charge >= 0.3 is 5.97 Å². The molecule has 0 saturated heterocycles. The first-order valence-corrected chi connectivity index (χ1v) is 4.05. The van der Waals surface area contributed by atoms with Crippen molar-refractivity contribution in [3.05, 3.63) is 46.3 Å². The molecule has 0 spiro atoms. The molecule has 0 radical (unpaired) electrons. The van der Waals surface area contributed by atoms with Crippen LogP contribution in [0.1, 0.15) is 5.56 Å². The van der Waals surface area contributed by atoms with Gasteiger partial charge in [-0.2, -0.15) is 0 Å². The predicted molar refractivity (Wildman–Crippen MR) is 50.7 cm³/mol. The van der Waals surface area contributed by atoms with Crippen LogP contribution in [0.3, 0.4) is 0 Å². The van der Waals surface area contributed by atoms with E-state index in [1.54, 1.807) is 12.1 Å². The van der Waals surface area contributed by atoms with Crippen LogP contribution >= 0.6 is 0 Å². The zero-order valence-electron chi connectivity index (χ0n) is 7.37. The summed E-state index contributed by atoms with van der Waals surface area (Å²) in [6, 6.07) is 8.02. The molecule has 0 heterocycles. The molecule has 1 atom stereocenters. The van der Waals surface area contributed by atoms with Gasteiger partial charge in [-0.25, -0.2) is 0 Å². The highest BCUT2D eigenvalue weighted by Gasteiger charge is 2.15. The lowest BCUT2D eigenvalue weighted by molar-refractivity contribution is -0.138. The van der Waals surface area contributed by atoms with E-state index >= 15 is 0 Å². The average Bonchev–Trinajstić information content (AvgIpc) is 2.18. The van der Waals surface area contributed by atoms with Crippen molar-refractivity contribution in [1.82, 2.24) is 0 Å². The van der Waals surface area contributed by atoms with Gasteiger partial charge < -0.3 is 5.11 Å². The summed E-state index contributed by atoms with van der Waals surface area (Å²) in [5.74, 6) is -1.10. The fourth-order valence-electron chi connectivity index (χ4n) is 1.08. The van der Waals surface area contributed by atoms with Crippen LogP contribution in [-0.2, 0) is 11.2 Å². The van der Waals surface area contributed by atoms with Crippen LogP contribution in [0, 0.1) is 0 Å². The first-order valence-electron chi connectivity index (χ1n) is 4.05. The van der Waals surface area contributed by atoms with E-state index in [9.17, 15) is 4.79 Å². The third-order valence-corrected chi connectivity index (χ3v) is 1.75. The third kappa shape index (κ3) is 2.80. The van der Waals surface area contributed by atoms with Crippen LogP contribution in [0.15, 0.2) is 35.4 Å². The maximum Gasteiger partial charge on any atom is 0.312 e. The summed E-state index contributed by atoms with van der Waals surface area (Å²) < 4.78 is 0. The number of azide groups is 1. The summed E-state index contributed by atoms with van der Waals surface area (Å²) in [6.07, 6.45) is 0.222. The van der Waals surface area contributed by atoms with Crippen molar-refractivity contribution < 1.29 is 9.90 Å². The highest BCUT2D eigenvalue weighted by molar-refractivity contribution is 5.74. The van der Waals surface area contributed by atoms with E-state index in [-0.39, 0.29) is 6.42 Å². The van der Waals surface area contributed by atoms with Gasteiger partial charge in [-0.05, 0) is 17.5 Å². The second-order valence-electron chi connectivity index (χ2n) is 2.75. The summed E-state index contributed by atoms with van der Waals surface area (Å²) in [6.45, 7) is 0. The standard InChI is InChI=1S/C9H9N3O2/c10-12-11-8(9(13)14)6-7-4-2-1-3-5-7/h1-5,8H,6H2,(H,13,14)/t8-/m0/s1. The second kappa shape index (κ2) is 4.89. The summed E-state index contributed by atoms with van der Waals surface area (Å²) in [5, 5.41) is 11.9. The maximum absolute atomic E-state index is 10.6. The molecule has 0 fully saturated rings. The molecule has 0 aromatic heterocycles. The number of carboxylic acids is 1. The summed E-state index contributed by atoms with van der Waals surface area (Å²) in [4.78, 5) is 13.1. The molecule has 0 unspecified atom stereocenters. The fraction of sp³-hybridized carbons (Fsp3) is 0.222. The lowest BCUT2D eigenvalue weighted by atomic mass is 10.1. The number of rotatable bonds is 4. The zero-order chi connectivity index (χ0) is 10.4. The molecule has 1 N–H and O–H groups in total. The number of aliphatic carboxylic acids is 1. The van der Waals surface area contributed by atoms with Crippen LogP contribution in [0.5, 0.6) is 0 Å². The van der Waals surface area contributed by atoms with Crippen molar-refractivity contribution in [3.63, 3.8) is 0 Å². The number of carboxylic acid groups (broad SMARTS) is 1. The third-order valence-electron chi connectivity index (χ3n) is 1.75. The Morgan fingerprint density at radius 3 is 2.64 bits per heavy atom. The van der Waals surface area contributed by atoms with E-state index < -0.39 is 12.0 Å². The Bertz CT molecular complexity index is 356. The Morgan fingerprint density at radius 1 is 1.50 bits per heavy atom. The Balaban J connectivity index is 2.75. The van der Waals surface area contributed by atoms with E-state index in [1.165, 1.54) is 0 Å². The molecule has 0 aliphatic rings. The van der Waals surface area contributed by atoms with E-state index in [1.807, 2.05) is 18.2 Å². The molecular formula is C9H9N3O2. The van der Waals surface area contributed by atoms with Gasteiger partial charge in [0, 0.05) is 4.91 Å². The van der Waals surface area contributed by atoms with Gasteiger partial charge in [0.15, 0.2) is 0 Å². The molecule has 1 rings (SSSR count). The van der Waals surface area contributed by atoms with Gasteiger partial charge in [0.1, 0.15) is 6.04 Å². The Morgan fingerprint density at radius 2 is 2.14 bits per heavy atom. The van der Waals surface area contributed by atoms with Gasteiger partial charge in [-0.1, -0.05) is 35.4 Å². The summed E-state index contributed by atoms with van der Waals surface area (Å²) in [5.41, 5.74) is 9.00. The van der Waals surface area contributed by atoms with Gasteiger partial charge in [0.25, 0.3) is 0 Å². The molecule has 72 valence electrons. The monoisotopic (exact) mass is 191 g/mol. The van der Waals surface area contributed by atoms with E-state index in [0.717, 1.165) is 5.56 Å². The van der Waals surface area contributed by atoms with Gasteiger partial charge in [-0.3, -0.25) is 4.79 Å². The number of hydrogen-bond acceptors (Lipinski definition) is 2. The minimum absolute atomic E-state index is 0.222. The van der Waals surface area contributed by atoms with Crippen LogP contribution < -0.4 is 0 Å². The molecule has 0 bridgehead atoms. The summed E-state index contributed by atoms with van der Waals surface area (Å²) in [7, 11) is 0. The highest BCUT2D eigenvalue weighted by atomic mass is 16.4. The fourth-order valence-corrected chi connectivity index (χ4v) is 1.08. The quantitative estimate of drug-likeness (QED) is 0.448. The minimum atomic E-state index is -1.10. The molecule has 0 saturated carbocycles. The van der Waals surface area contributed by atoms with Crippen molar-refractivity contribution in [3.8, 4) is 0 Å². The average molecular weight is 191 g/mol. The zero-order valence-corrected chi connectivity index (χ0v) is 7.37. The Hall–Kier alpha value is -2.00. The molecule has 1 aromatic rings. The molecule has 5 heteroatoms. The first-order chi connectivity index (χ1) is 6.74. The smallest absolute Gasteiger partial charge is 0.312 e. The molecule has 0 aliphatic heterocycles. The number of hydrogen-bond donors (Lipinski definition) is 1.